The van der Waals surface area contributed by atoms with Crippen molar-refractivity contribution in [2.75, 3.05) is 32.8 Å². The SMILES string of the molecule is O=C(N[C@@H](CN1CCOCC1)c1ccccc1)c1ccccc1F. The average Bonchev–Trinajstić information content (AvgIpc) is 2.63. The Morgan fingerprint density at radius 3 is 2.46 bits per heavy atom. The highest BCUT2D eigenvalue weighted by atomic mass is 19.1. The van der Waals surface area contributed by atoms with E-state index in [1.165, 1.54) is 12.1 Å². The summed E-state index contributed by atoms with van der Waals surface area (Å²) in [6.45, 7) is 3.73. The van der Waals surface area contributed by atoms with Crippen molar-refractivity contribution in [2.45, 2.75) is 6.04 Å². The highest BCUT2D eigenvalue weighted by molar-refractivity contribution is 5.94. The van der Waals surface area contributed by atoms with Crippen LogP contribution < -0.4 is 5.32 Å². The van der Waals surface area contributed by atoms with E-state index < -0.39 is 11.7 Å². The molecule has 1 aliphatic rings. The molecule has 3 rings (SSSR count). The van der Waals surface area contributed by atoms with Gasteiger partial charge in [-0.25, -0.2) is 4.39 Å². The van der Waals surface area contributed by atoms with E-state index in [2.05, 4.69) is 10.2 Å². The van der Waals surface area contributed by atoms with E-state index in [0.717, 1.165) is 18.7 Å². The van der Waals surface area contributed by atoms with Gasteiger partial charge in [-0.1, -0.05) is 42.5 Å². The van der Waals surface area contributed by atoms with Crippen molar-refractivity contribution in [3.8, 4) is 0 Å². The third-order valence-corrected chi connectivity index (χ3v) is 4.17. The van der Waals surface area contributed by atoms with Crippen LogP contribution in [0.1, 0.15) is 22.0 Å². The quantitative estimate of drug-likeness (QED) is 0.917. The Morgan fingerprint density at radius 1 is 1.08 bits per heavy atom. The van der Waals surface area contributed by atoms with Crippen LogP contribution in [0.2, 0.25) is 0 Å². The van der Waals surface area contributed by atoms with Gasteiger partial charge in [0.05, 0.1) is 24.8 Å². The van der Waals surface area contributed by atoms with Crippen molar-refractivity contribution < 1.29 is 13.9 Å². The Morgan fingerprint density at radius 2 is 1.75 bits per heavy atom. The Hall–Kier alpha value is -2.24. The molecular formula is C19H21FN2O2. The van der Waals surface area contributed by atoms with Gasteiger partial charge in [0, 0.05) is 19.6 Å². The average molecular weight is 328 g/mol. The summed E-state index contributed by atoms with van der Waals surface area (Å²) in [5, 5.41) is 2.98. The zero-order valence-corrected chi connectivity index (χ0v) is 13.5. The van der Waals surface area contributed by atoms with Gasteiger partial charge in [0.25, 0.3) is 5.91 Å². The molecule has 2 aromatic carbocycles. The van der Waals surface area contributed by atoms with E-state index in [4.69, 9.17) is 4.74 Å². The molecule has 1 atom stereocenters. The number of rotatable bonds is 5. The monoisotopic (exact) mass is 328 g/mol. The van der Waals surface area contributed by atoms with Crippen LogP contribution in [-0.2, 0) is 4.74 Å². The third kappa shape index (κ3) is 4.19. The fourth-order valence-corrected chi connectivity index (χ4v) is 2.84. The number of nitrogens with zero attached hydrogens (tertiary/aromatic N) is 1. The molecule has 5 heteroatoms. The summed E-state index contributed by atoms with van der Waals surface area (Å²) in [6.07, 6.45) is 0. The standard InChI is InChI=1S/C19H21FN2O2/c20-17-9-5-4-8-16(17)19(23)21-18(15-6-2-1-3-7-15)14-22-10-12-24-13-11-22/h1-9,18H,10-14H2,(H,21,23)/t18-/m0/s1. The summed E-state index contributed by atoms with van der Waals surface area (Å²) in [7, 11) is 0. The lowest BCUT2D eigenvalue weighted by Crippen LogP contribution is -2.43. The van der Waals surface area contributed by atoms with Crippen molar-refractivity contribution in [1.82, 2.24) is 10.2 Å². The predicted octanol–water partition coefficient (Wildman–Crippen LogP) is 2.63. The Bertz CT molecular complexity index is 672. The topological polar surface area (TPSA) is 41.6 Å². The number of nitrogens with one attached hydrogen (secondary N) is 1. The molecule has 4 nitrogen and oxygen atoms in total. The van der Waals surface area contributed by atoms with Gasteiger partial charge in [0.1, 0.15) is 5.82 Å². The Kier molecular flexibility index (Phi) is 5.56. The molecule has 24 heavy (non-hydrogen) atoms. The molecule has 1 N–H and O–H groups in total. The first-order valence-electron chi connectivity index (χ1n) is 8.14. The second-order valence-electron chi connectivity index (χ2n) is 5.83. The molecule has 1 aliphatic heterocycles. The van der Waals surface area contributed by atoms with E-state index in [0.29, 0.717) is 19.8 Å². The molecule has 0 saturated carbocycles. The van der Waals surface area contributed by atoms with Gasteiger partial charge >= 0.3 is 0 Å². The first kappa shape index (κ1) is 16.6. The minimum absolute atomic E-state index is 0.0698. The van der Waals surface area contributed by atoms with Crippen LogP contribution in [0.3, 0.4) is 0 Å². The minimum Gasteiger partial charge on any atom is -0.379 e. The van der Waals surface area contributed by atoms with Crippen molar-refractivity contribution in [2.24, 2.45) is 0 Å². The molecule has 0 spiro atoms. The van der Waals surface area contributed by atoms with Gasteiger partial charge in [0.15, 0.2) is 0 Å². The molecule has 0 aliphatic carbocycles. The van der Waals surface area contributed by atoms with E-state index in [1.54, 1.807) is 12.1 Å². The fraction of sp³-hybridized carbons (Fsp3) is 0.316. The number of benzene rings is 2. The van der Waals surface area contributed by atoms with Crippen molar-refractivity contribution >= 4 is 5.91 Å². The van der Waals surface area contributed by atoms with Crippen LogP contribution in [-0.4, -0.2) is 43.7 Å². The molecule has 0 aromatic heterocycles. The second kappa shape index (κ2) is 8.04. The molecule has 0 radical (unpaired) electrons. The maximum absolute atomic E-state index is 13.9. The van der Waals surface area contributed by atoms with Crippen LogP contribution in [0.4, 0.5) is 4.39 Å². The molecule has 1 saturated heterocycles. The second-order valence-corrected chi connectivity index (χ2v) is 5.83. The normalized spacial score (nSPS) is 16.5. The Labute approximate surface area is 141 Å². The number of morpholine rings is 1. The zero-order chi connectivity index (χ0) is 16.8. The molecule has 0 unspecified atom stereocenters. The molecular weight excluding hydrogens is 307 g/mol. The number of carbonyl (C=O) groups is 1. The summed E-state index contributed by atoms with van der Waals surface area (Å²) in [6, 6.07) is 15.6. The van der Waals surface area contributed by atoms with Gasteiger partial charge < -0.3 is 10.1 Å². The molecule has 126 valence electrons. The molecule has 1 heterocycles. The number of amides is 1. The molecule has 1 fully saturated rings. The van der Waals surface area contributed by atoms with Crippen LogP contribution in [0.5, 0.6) is 0 Å². The van der Waals surface area contributed by atoms with Crippen LogP contribution in [0, 0.1) is 5.82 Å². The maximum Gasteiger partial charge on any atom is 0.254 e. The lowest BCUT2D eigenvalue weighted by Gasteiger charge is -2.31. The first-order chi connectivity index (χ1) is 11.7. The van der Waals surface area contributed by atoms with Crippen molar-refractivity contribution in [1.29, 1.82) is 0 Å². The smallest absolute Gasteiger partial charge is 0.254 e. The molecule has 1 amide bonds. The molecule has 0 bridgehead atoms. The van der Waals surface area contributed by atoms with Crippen LogP contribution in [0.25, 0.3) is 0 Å². The minimum atomic E-state index is -0.506. The molecule has 2 aromatic rings. The number of carbonyl (C=O) groups excluding carboxylic acids is 1. The summed E-state index contributed by atoms with van der Waals surface area (Å²) < 4.78 is 19.2. The van der Waals surface area contributed by atoms with Gasteiger partial charge in [-0.2, -0.15) is 0 Å². The van der Waals surface area contributed by atoms with Crippen LogP contribution >= 0.6 is 0 Å². The Balaban J connectivity index is 1.76. The van der Waals surface area contributed by atoms with E-state index >= 15 is 0 Å². The first-order valence-corrected chi connectivity index (χ1v) is 8.14. The third-order valence-electron chi connectivity index (χ3n) is 4.17. The summed E-state index contributed by atoms with van der Waals surface area (Å²) in [5.74, 6) is -0.900. The number of halogens is 1. The fourth-order valence-electron chi connectivity index (χ4n) is 2.84. The van der Waals surface area contributed by atoms with Gasteiger partial charge in [-0.05, 0) is 17.7 Å². The van der Waals surface area contributed by atoms with E-state index in [9.17, 15) is 9.18 Å². The predicted molar refractivity (Wildman–Crippen MR) is 90.3 cm³/mol. The van der Waals surface area contributed by atoms with Crippen molar-refractivity contribution in [3.63, 3.8) is 0 Å². The van der Waals surface area contributed by atoms with Gasteiger partial charge in [-0.15, -0.1) is 0 Å². The number of hydrogen-bond donors (Lipinski definition) is 1. The lowest BCUT2D eigenvalue weighted by molar-refractivity contribution is 0.0332. The van der Waals surface area contributed by atoms with Crippen LogP contribution in [0.15, 0.2) is 54.6 Å². The van der Waals surface area contributed by atoms with Crippen molar-refractivity contribution in [3.05, 3.63) is 71.5 Å². The summed E-state index contributed by atoms with van der Waals surface area (Å²) in [4.78, 5) is 14.7. The highest BCUT2D eigenvalue weighted by Gasteiger charge is 2.21. The summed E-state index contributed by atoms with van der Waals surface area (Å²) >= 11 is 0. The zero-order valence-electron chi connectivity index (χ0n) is 13.5. The highest BCUT2D eigenvalue weighted by Crippen LogP contribution is 2.17. The van der Waals surface area contributed by atoms with Gasteiger partial charge in [0.2, 0.25) is 0 Å². The summed E-state index contributed by atoms with van der Waals surface area (Å²) in [5.41, 5.74) is 1.08. The van der Waals surface area contributed by atoms with E-state index in [1.807, 2.05) is 30.3 Å². The maximum atomic E-state index is 13.9. The van der Waals surface area contributed by atoms with E-state index in [-0.39, 0.29) is 11.6 Å². The largest absolute Gasteiger partial charge is 0.379 e. The number of ether oxygens (including phenoxy) is 1. The van der Waals surface area contributed by atoms with Gasteiger partial charge in [-0.3, -0.25) is 9.69 Å². The lowest BCUT2D eigenvalue weighted by atomic mass is 10.1. The number of hydrogen-bond acceptors (Lipinski definition) is 3.